The van der Waals surface area contributed by atoms with Crippen molar-refractivity contribution in [1.82, 2.24) is 4.57 Å². The van der Waals surface area contributed by atoms with Crippen molar-refractivity contribution in [3.8, 4) is 0 Å². The molecule has 1 aliphatic rings. The van der Waals surface area contributed by atoms with Gasteiger partial charge in [0.2, 0.25) is 0 Å². The SMILES string of the molecule is Cn1cc(C2(CCO)COC2)c2ccccc21. The fraction of sp³-hybridized carbons (Fsp3) is 0.429. The lowest BCUT2D eigenvalue weighted by Gasteiger charge is -2.41. The van der Waals surface area contributed by atoms with Crippen LogP contribution < -0.4 is 0 Å². The molecular weight excluding hydrogens is 214 g/mol. The van der Waals surface area contributed by atoms with Crippen LogP contribution in [0, 0.1) is 0 Å². The molecule has 1 N–H and O–H groups in total. The molecule has 2 aromatic rings. The fourth-order valence-electron chi connectivity index (χ4n) is 2.76. The first-order valence-corrected chi connectivity index (χ1v) is 6.00. The zero-order chi connectivity index (χ0) is 11.9. The van der Waals surface area contributed by atoms with Gasteiger partial charge in [-0.1, -0.05) is 18.2 Å². The Hall–Kier alpha value is -1.32. The van der Waals surface area contributed by atoms with E-state index in [2.05, 4.69) is 42.1 Å². The Balaban J connectivity index is 2.16. The molecule has 1 aromatic carbocycles. The van der Waals surface area contributed by atoms with Crippen molar-refractivity contribution < 1.29 is 9.84 Å². The highest BCUT2D eigenvalue weighted by molar-refractivity contribution is 5.85. The van der Waals surface area contributed by atoms with Crippen molar-refractivity contribution in [3.63, 3.8) is 0 Å². The van der Waals surface area contributed by atoms with Gasteiger partial charge in [0.1, 0.15) is 0 Å². The molecule has 1 aliphatic heterocycles. The van der Waals surface area contributed by atoms with Gasteiger partial charge in [0, 0.05) is 36.2 Å². The molecule has 17 heavy (non-hydrogen) atoms. The zero-order valence-electron chi connectivity index (χ0n) is 10.0. The lowest BCUT2D eigenvalue weighted by atomic mass is 9.76. The van der Waals surface area contributed by atoms with E-state index >= 15 is 0 Å². The summed E-state index contributed by atoms with van der Waals surface area (Å²) in [5, 5.41) is 10.5. The van der Waals surface area contributed by atoms with E-state index in [0.29, 0.717) is 0 Å². The van der Waals surface area contributed by atoms with E-state index in [-0.39, 0.29) is 12.0 Å². The first kappa shape index (κ1) is 10.8. The van der Waals surface area contributed by atoms with Crippen LogP contribution in [-0.4, -0.2) is 29.5 Å². The number of rotatable bonds is 3. The van der Waals surface area contributed by atoms with E-state index in [9.17, 15) is 5.11 Å². The van der Waals surface area contributed by atoms with Crippen LogP contribution in [0.1, 0.15) is 12.0 Å². The lowest BCUT2D eigenvalue weighted by Crippen LogP contribution is -2.47. The fourth-order valence-corrected chi connectivity index (χ4v) is 2.76. The molecule has 0 radical (unpaired) electrons. The largest absolute Gasteiger partial charge is 0.396 e. The number of fused-ring (bicyclic) bond motifs is 1. The summed E-state index contributed by atoms with van der Waals surface area (Å²) in [6.45, 7) is 1.66. The summed E-state index contributed by atoms with van der Waals surface area (Å²) in [6, 6.07) is 8.41. The van der Waals surface area contributed by atoms with Crippen LogP contribution in [-0.2, 0) is 17.2 Å². The number of ether oxygens (including phenoxy) is 1. The molecule has 0 saturated carbocycles. The molecule has 3 heteroatoms. The van der Waals surface area contributed by atoms with Gasteiger partial charge in [-0.2, -0.15) is 0 Å². The van der Waals surface area contributed by atoms with Crippen molar-refractivity contribution in [2.24, 2.45) is 7.05 Å². The molecule has 1 saturated heterocycles. The van der Waals surface area contributed by atoms with Crippen molar-refractivity contribution in [1.29, 1.82) is 0 Å². The van der Waals surface area contributed by atoms with E-state index in [4.69, 9.17) is 4.74 Å². The molecule has 0 aliphatic carbocycles. The van der Waals surface area contributed by atoms with E-state index in [1.54, 1.807) is 0 Å². The Morgan fingerprint density at radius 2 is 2.12 bits per heavy atom. The average molecular weight is 231 g/mol. The maximum atomic E-state index is 9.24. The number of hydrogen-bond acceptors (Lipinski definition) is 2. The summed E-state index contributed by atoms with van der Waals surface area (Å²) >= 11 is 0. The second-order valence-electron chi connectivity index (χ2n) is 4.92. The van der Waals surface area contributed by atoms with E-state index in [1.165, 1.54) is 16.5 Å². The summed E-state index contributed by atoms with van der Waals surface area (Å²) in [6.07, 6.45) is 2.96. The average Bonchev–Trinajstić information content (AvgIpc) is 2.63. The first-order valence-electron chi connectivity index (χ1n) is 6.00. The van der Waals surface area contributed by atoms with Gasteiger partial charge in [0.05, 0.1) is 13.2 Å². The molecule has 0 amide bonds. The van der Waals surface area contributed by atoms with Gasteiger partial charge in [0.15, 0.2) is 0 Å². The minimum absolute atomic E-state index is 0.0234. The van der Waals surface area contributed by atoms with Crippen LogP contribution in [0.2, 0.25) is 0 Å². The van der Waals surface area contributed by atoms with Gasteiger partial charge in [-0.3, -0.25) is 0 Å². The topological polar surface area (TPSA) is 34.4 Å². The summed E-state index contributed by atoms with van der Waals surface area (Å²) in [7, 11) is 2.07. The minimum atomic E-state index is 0.0234. The van der Waals surface area contributed by atoms with Crippen molar-refractivity contribution >= 4 is 10.9 Å². The summed E-state index contributed by atoms with van der Waals surface area (Å²) in [5.74, 6) is 0. The van der Waals surface area contributed by atoms with Crippen LogP contribution in [0.15, 0.2) is 30.5 Å². The maximum absolute atomic E-state index is 9.24. The summed E-state index contributed by atoms with van der Waals surface area (Å²) < 4.78 is 7.54. The second kappa shape index (κ2) is 3.86. The number of aliphatic hydroxyl groups is 1. The summed E-state index contributed by atoms with van der Waals surface area (Å²) in [5.41, 5.74) is 2.58. The van der Waals surface area contributed by atoms with Gasteiger partial charge in [-0.25, -0.2) is 0 Å². The Morgan fingerprint density at radius 3 is 2.76 bits per heavy atom. The van der Waals surface area contributed by atoms with E-state index < -0.39 is 0 Å². The molecule has 90 valence electrons. The van der Waals surface area contributed by atoms with Crippen LogP contribution in [0.3, 0.4) is 0 Å². The molecule has 0 bridgehead atoms. The van der Waals surface area contributed by atoms with Crippen molar-refractivity contribution in [2.45, 2.75) is 11.8 Å². The molecule has 0 unspecified atom stereocenters. The molecule has 0 atom stereocenters. The molecule has 1 fully saturated rings. The molecule has 1 aromatic heterocycles. The van der Waals surface area contributed by atoms with Crippen LogP contribution in [0.25, 0.3) is 10.9 Å². The number of aliphatic hydroxyl groups excluding tert-OH is 1. The molecular formula is C14H17NO2. The maximum Gasteiger partial charge on any atom is 0.0587 e. The highest BCUT2D eigenvalue weighted by Gasteiger charge is 2.41. The third-order valence-electron chi connectivity index (χ3n) is 3.82. The van der Waals surface area contributed by atoms with E-state index in [1.807, 2.05) is 0 Å². The third kappa shape index (κ3) is 1.50. The van der Waals surface area contributed by atoms with Crippen LogP contribution in [0.5, 0.6) is 0 Å². The number of para-hydroxylation sites is 1. The number of benzene rings is 1. The Bertz CT molecular complexity index is 540. The number of nitrogens with zero attached hydrogens (tertiary/aromatic N) is 1. The quantitative estimate of drug-likeness (QED) is 0.874. The number of hydrogen-bond donors (Lipinski definition) is 1. The normalized spacial score (nSPS) is 18.2. The van der Waals surface area contributed by atoms with Gasteiger partial charge < -0.3 is 14.4 Å². The highest BCUT2D eigenvalue weighted by atomic mass is 16.5. The summed E-state index contributed by atoms with van der Waals surface area (Å²) in [4.78, 5) is 0. The third-order valence-corrected chi connectivity index (χ3v) is 3.82. The monoisotopic (exact) mass is 231 g/mol. The van der Waals surface area contributed by atoms with Gasteiger partial charge >= 0.3 is 0 Å². The molecule has 3 nitrogen and oxygen atoms in total. The smallest absolute Gasteiger partial charge is 0.0587 e. The molecule has 3 rings (SSSR count). The van der Waals surface area contributed by atoms with Gasteiger partial charge in [0.25, 0.3) is 0 Å². The Morgan fingerprint density at radius 1 is 1.35 bits per heavy atom. The van der Waals surface area contributed by atoms with Gasteiger partial charge in [-0.15, -0.1) is 0 Å². The standard InChI is InChI=1S/C14H17NO2/c1-15-8-12(11-4-2-3-5-13(11)15)14(6-7-16)9-17-10-14/h2-5,8,16H,6-7,9-10H2,1H3. The van der Waals surface area contributed by atoms with Crippen molar-refractivity contribution in [2.75, 3.05) is 19.8 Å². The lowest BCUT2D eigenvalue weighted by molar-refractivity contribution is -0.0694. The second-order valence-corrected chi connectivity index (χ2v) is 4.92. The molecule has 2 heterocycles. The first-order chi connectivity index (χ1) is 8.27. The number of aryl methyl sites for hydroxylation is 1. The molecule has 0 spiro atoms. The highest BCUT2D eigenvalue weighted by Crippen LogP contribution is 2.39. The predicted molar refractivity (Wildman–Crippen MR) is 67.1 cm³/mol. The van der Waals surface area contributed by atoms with Crippen LogP contribution >= 0.6 is 0 Å². The van der Waals surface area contributed by atoms with Crippen molar-refractivity contribution in [3.05, 3.63) is 36.0 Å². The minimum Gasteiger partial charge on any atom is -0.396 e. The van der Waals surface area contributed by atoms with E-state index in [0.717, 1.165) is 19.6 Å². The number of aromatic nitrogens is 1. The Kier molecular flexibility index (Phi) is 2.45. The van der Waals surface area contributed by atoms with Gasteiger partial charge in [-0.05, 0) is 18.1 Å². The van der Waals surface area contributed by atoms with Crippen LogP contribution in [0.4, 0.5) is 0 Å². The predicted octanol–water partition coefficient (Wildman–Crippen LogP) is 1.83. The Labute approximate surface area is 101 Å². The zero-order valence-corrected chi connectivity index (χ0v) is 10.0.